The van der Waals surface area contributed by atoms with Gasteiger partial charge in [0.1, 0.15) is 5.69 Å². The molecular formula is C18H19ClN4O2. The number of carbonyl (C=O) groups is 2. The van der Waals surface area contributed by atoms with Crippen molar-refractivity contribution >= 4 is 35.2 Å². The highest BCUT2D eigenvalue weighted by molar-refractivity contribution is 6.34. The molecule has 1 aromatic heterocycles. The molecule has 0 saturated heterocycles. The zero-order valence-electron chi connectivity index (χ0n) is 14.1. The molecule has 2 aromatic rings. The lowest BCUT2D eigenvalue weighted by Gasteiger charge is -2.10. The molecular weight excluding hydrogens is 340 g/mol. The number of hydrogen-bond acceptors (Lipinski definition) is 3. The summed E-state index contributed by atoms with van der Waals surface area (Å²) in [6.07, 6.45) is 3.58. The fraction of sp³-hybridized carbons (Fsp3) is 0.278. The van der Waals surface area contributed by atoms with Crippen LogP contribution in [0.25, 0.3) is 6.08 Å². The van der Waals surface area contributed by atoms with Crippen molar-refractivity contribution in [3.05, 3.63) is 52.3 Å². The molecule has 6 nitrogen and oxygen atoms in total. The van der Waals surface area contributed by atoms with Crippen LogP contribution in [0.3, 0.4) is 0 Å². The van der Waals surface area contributed by atoms with Gasteiger partial charge in [0.2, 0.25) is 0 Å². The molecule has 1 heterocycles. The topological polar surface area (TPSA) is 76.0 Å². The van der Waals surface area contributed by atoms with Crippen LogP contribution in [-0.4, -0.2) is 27.6 Å². The summed E-state index contributed by atoms with van der Waals surface area (Å²) in [5, 5.41) is 10.3. The van der Waals surface area contributed by atoms with E-state index in [0.717, 1.165) is 18.5 Å². The molecule has 0 atom stereocenters. The summed E-state index contributed by atoms with van der Waals surface area (Å²) >= 11 is 6.12. The quantitative estimate of drug-likeness (QED) is 0.861. The average molecular weight is 359 g/mol. The van der Waals surface area contributed by atoms with Crippen molar-refractivity contribution < 1.29 is 9.59 Å². The van der Waals surface area contributed by atoms with E-state index in [0.29, 0.717) is 27.5 Å². The highest BCUT2D eigenvalue weighted by Gasteiger charge is 2.25. The van der Waals surface area contributed by atoms with Gasteiger partial charge in [0.05, 0.1) is 16.3 Å². The third-order valence-electron chi connectivity index (χ3n) is 4.07. The van der Waals surface area contributed by atoms with Crippen LogP contribution in [0, 0.1) is 6.92 Å². The van der Waals surface area contributed by atoms with Crippen molar-refractivity contribution in [2.24, 2.45) is 7.05 Å². The maximum absolute atomic E-state index is 12.6. The molecule has 2 N–H and O–H groups in total. The van der Waals surface area contributed by atoms with Gasteiger partial charge >= 0.3 is 0 Å². The lowest BCUT2D eigenvalue weighted by molar-refractivity contribution is 0.0949. The number of hydrogen-bond donors (Lipinski definition) is 2. The van der Waals surface area contributed by atoms with Gasteiger partial charge in [-0.15, -0.1) is 0 Å². The Morgan fingerprint density at radius 3 is 2.72 bits per heavy atom. The van der Waals surface area contributed by atoms with Gasteiger partial charge in [-0.1, -0.05) is 24.3 Å². The molecule has 1 fully saturated rings. The first-order valence-corrected chi connectivity index (χ1v) is 8.36. The number of aryl methyl sites for hydroxylation is 2. The van der Waals surface area contributed by atoms with Crippen molar-refractivity contribution in [2.75, 3.05) is 5.32 Å². The molecule has 1 aliphatic carbocycles. The Bertz CT molecular complexity index is 868. The Hall–Kier alpha value is -2.60. The van der Waals surface area contributed by atoms with Crippen molar-refractivity contribution in [1.29, 1.82) is 0 Å². The summed E-state index contributed by atoms with van der Waals surface area (Å²) in [4.78, 5) is 24.9. The molecule has 0 unspecified atom stereocenters. The Balaban J connectivity index is 1.84. The number of anilines is 1. The highest BCUT2D eigenvalue weighted by atomic mass is 35.5. The molecule has 0 bridgehead atoms. The van der Waals surface area contributed by atoms with Gasteiger partial charge < -0.3 is 10.6 Å². The summed E-state index contributed by atoms with van der Waals surface area (Å²) in [6, 6.07) is 5.07. The third-order valence-corrected chi connectivity index (χ3v) is 4.40. The minimum Gasteiger partial charge on any atom is -0.349 e. The summed E-state index contributed by atoms with van der Waals surface area (Å²) in [5.74, 6) is -0.555. The van der Waals surface area contributed by atoms with E-state index in [4.69, 9.17) is 11.6 Å². The number of carbonyl (C=O) groups excluding carboxylic acids is 2. The average Bonchev–Trinajstić information content (AvgIpc) is 3.32. The summed E-state index contributed by atoms with van der Waals surface area (Å²) in [5.41, 5.74) is 2.65. The standard InChI is InChI=1S/C18H19ClN4O2/c1-4-13-10(2)22-23(3)16(13)18(25)21-12-7-8-15(19)14(9-12)17(24)20-11-5-6-11/h4,7-9,11H,1,5-6H2,2-3H3,(H,20,24)(H,21,25). The van der Waals surface area contributed by atoms with Crippen molar-refractivity contribution in [3.8, 4) is 0 Å². The maximum Gasteiger partial charge on any atom is 0.274 e. The molecule has 1 saturated carbocycles. The maximum atomic E-state index is 12.6. The number of rotatable bonds is 5. The van der Waals surface area contributed by atoms with Gasteiger partial charge in [0.15, 0.2) is 0 Å². The molecule has 0 aliphatic heterocycles. The van der Waals surface area contributed by atoms with E-state index in [9.17, 15) is 9.59 Å². The summed E-state index contributed by atoms with van der Waals surface area (Å²) < 4.78 is 1.51. The lowest BCUT2D eigenvalue weighted by Crippen LogP contribution is -2.26. The molecule has 3 rings (SSSR count). The van der Waals surface area contributed by atoms with Crippen LogP contribution in [0.2, 0.25) is 5.02 Å². The predicted octanol–water partition coefficient (Wildman–Crippen LogP) is 3.17. The SMILES string of the molecule is C=Cc1c(C)nn(C)c1C(=O)Nc1ccc(Cl)c(C(=O)NC2CC2)c1. The Labute approximate surface area is 150 Å². The second-order valence-electron chi connectivity index (χ2n) is 6.07. The Morgan fingerprint density at radius 2 is 2.08 bits per heavy atom. The second kappa shape index (κ2) is 6.72. The molecule has 0 spiro atoms. The molecule has 7 heteroatoms. The second-order valence-corrected chi connectivity index (χ2v) is 6.48. The summed E-state index contributed by atoms with van der Waals surface area (Å²) in [7, 11) is 1.70. The highest BCUT2D eigenvalue weighted by Crippen LogP contribution is 2.24. The van der Waals surface area contributed by atoms with E-state index in [-0.39, 0.29) is 17.9 Å². The number of aromatic nitrogens is 2. The molecule has 1 aliphatic rings. The van der Waals surface area contributed by atoms with Gasteiger partial charge in [-0.2, -0.15) is 5.10 Å². The van der Waals surface area contributed by atoms with Crippen LogP contribution in [0.5, 0.6) is 0 Å². The van der Waals surface area contributed by atoms with E-state index in [1.54, 1.807) is 31.3 Å². The summed E-state index contributed by atoms with van der Waals surface area (Å²) in [6.45, 7) is 5.55. The van der Waals surface area contributed by atoms with Crippen LogP contribution >= 0.6 is 11.6 Å². The van der Waals surface area contributed by atoms with Crippen molar-refractivity contribution in [3.63, 3.8) is 0 Å². The minimum atomic E-state index is -0.325. The van der Waals surface area contributed by atoms with Crippen LogP contribution in [0.4, 0.5) is 5.69 Å². The molecule has 0 radical (unpaired) electrons. The minimum absolute atomic E-state index is 0.230. The zero-order chi connectivity index (χ0) is 18.1. The Morgan fingerprint density at radius 1 is 1.36 bits per heavy atom. The number of nitrogens with one attached hydrogen (secondary N) is 2. The van der Waals surface area contributed by atoms with Crippen LogP contribution in [-0.2, 0) is 7.05 Å². The lowest BCUT2D eigenvalue weighted by atomic mass is 10.1. The fourth-order valence-corrected chi connectivity index (χ4v) is 2.85. The van der Waals surface area contributed by atoms with Crippen molar-refractivity contribution in [1.82, 2.24) is 15.1 Å². The van der Waals surface area contributed by atoms with Crippen LogP contribution in [0.15, 0.2) is 24.8 Å². The largest absolute Gasteiger partial charge is 0.349 e. The zero-order valence-corrected chi connectivity index (χ0v) is 14.9. The molecule has 130 valence electrons. The number of halogens is 1. The van der Waals surface area contributed by atoms with Gasteiger partial charge in [-0.05, 0) is 38.0 Å². The number of amides is 2. The van der Waals surface area contributed by atoms with Crippen LogP contribution in [0.1, 0.15) is 44.9 Å². The van der Waals surface area contributed by atoms with E-state index in [2.05, 4.69) is 22.3 Å². The first-order valence-electron chi connectivity index (χ1n) is 7.98. The fourth-order valence-electron chi connectivity index (χ4n) is 2.65. The van der Waals surface area contributed by atoms with E-state index < -0.39 is 0 Å². The monoisotopic (exact) mass is 358 g/mol. The van der Waals surface area contributed by atoms with Gasteiger partial charge in [-0.3, -0.25) is 14.3 Å². The number of benzene rings is 1. The normalized spacial score (nSPS) is 13.4. The first-order chi connectivity index (χ1) is 11.9. The van der Waals surface area contributed by atoms with Gasteiger partial charge in [-0.25, -0.2) is 0 Å². The predicted molar refractivity (Wildman–Crippen MR) is 97.9 cm³/mol. The first kappa shape index (κ1) is 17.2. The van der Waals surface area contributed by atoms with E-state index in [1.165, 1.54) is 4.68 Å². The van der Waals surface area contributed by atoms with E-state index >= 15 is 0 Å². The van der Waals surface area contributed by atoms with Gasteiger partial charge in [0.25, 0.3) is 11.8 Å². The molecule has 1 aromatic carbocycles. The van der Waals surface area contributed by atoms with E-state index in [1.807, 2.05) is 6.92 Å². The third kappa shape index (κ3) is 3.58. The van der Waals surface area contributed by atoms with Gasteiger partial charge in [0, 0.05) is 24.3 Å². The molecule has 25 heavy (non-hydrogen) atoms. The van der Waals surface area contributed by atoms with Crippen molar-refractivity contribution in [2.45, 2.75) is 25.8 Å². The Kier molecular flexibility index (Phi) is 4.63. The number of nitrogens with zero attached hydrogens (tertiary/aromatic N) is 2. The van der Waals surface area contributed by atoms with Crippen LogP contribution < -0.4 is 10.6 Å². The smallest absolute Gasteiger partial charge is 0.274 e. The molecule has 2 amide bonds.